The van der Waals surface area contributed by atoms with Crippen molar-refractivity contribution < 1.29 is 9.72 Å². The van der Waals surface area contributed by atoms with E-state index in [0.717, 1.165) is 21.6 Å². The Balaban J connectivity index is 1.78. The second-order valence-corrected chi connectivity index (χ2v) is 6.64. The van der Waals surface area contributed by atoms with Crippen molar-refractivity contribution in [3.05, 3.63) is 75.5 Å². The van der Waals surface area contributed by atoms with Crippen molar-refractivity contribution in [2.24, 2.45) is 0 Å². The van der Waals surface area contributed by atoms with Gasteiger partial charge in [-0.2, -0.15) is 0 Å². The number of benzene rings is 2. The van der Waals surface area contributed by atoms with Gasteiger partial charge in [-0.3, -0.25) is 20.2 Å². The van der Waals surface area contributed by atoms with Crippen molar-refractivity contribution in [1.82, 2.24) is 4.98 Å². The molecule has 2 aromatic carbocycles. The van der Waals surface area contributed by atoms with E-state index in [-0.39, 0.29) is 11.6 Å². The first-order valence-corrected chi connectivity index (χ1v) is 8.35. The molecule has 0 saturated carbocycles. The normalized spacial score (nSPS) is 10.5. The molecule has 0 atom stereocenters. The summed E-state index contributed by atoms with van der Waals surface area (Å²) in [5, 5.41) is 13.9. The number of nitrogens with one attached hydrogen (secondary N) is 1. The molecule has 0 aliphatic heterocycles. The predicted molar refractivity (Wildman–Crippen MR) is 98.1 cm³/mol. The summed E-state index contributed by atoms with van der Waals surface area (Å²) in [6, 6.07) is 11.7. The molecule has 0 bridgehead atoms. The maximum atomic E-state index is 12.2. The largest absolute Gasteiger partial charge is 0.298 e. The lowest BCUT2D eigenvalue weighted by molar-refractivity contribution is -0.384. The van der Waals surface area contributed by atoms with Crippen molar-refractivity contribution >= 4 is 28.1 Å². The third kappa shape index (κ3) is 3.72. The Morgan fingerprint density at radius 2 is 1.88 bits per heavy atom. The molecule has 0 saturated heterocycles. The number of hydrogen-bond acceptors (Lipinski definition) is 5. The minimum Gasteiger partial charge on any atom is -0.298 e. The number of aromatic nitrogens is 1. The van der Waals surface area contributed by atoms with Crippen molar-refractivity contribution in [3.63, 3.8) is 0 Å². The molecule has 6 nitrogen and oxygen atoms in total. The van der Waals surface area contributed by atoms with Crippen LogP contribution in [0.5, 0.6) is 0 Å². The van der Waals surface area contributed by atoms with Crippen LogP contribution in [0.25, 0.3) is 10.4 Å². The molecule has 3 rings (SSSR count). The predicted octanol–water partition coefficient (Wildman–Crippen LogP) is 4.59. The summed E-state index contributed by atoms with van der Waals surface area (Å²) in [6.07, 6.45) is 1.73. The fourth-order valence-corrected chi connectivity index (χ4v) is 3.25. The third-order valence-electron chi connectivity index (χ3n) is 3.72. The molecular weight excluding hydrogens is 338 g/mol. The quantitative estimate of drug-likeness (QED) is 0.549. The van der Waals surface area contributed by atoms with Gasteiger partial charge in [-0.1, -0.05) is 35.1 Å². The molecule has 0 fully saturated rings. The lowest BCUT2D eigenvalue weighted by Crippen LogP contribution is -2.11. The van der Waals surface area contributed by atoms with Gasteiger partial charge in [0.05, 0.1) is 9.80 Å². The van der Waals surface area contributed by atoms with Gasteiger partial charge in [-0.25, -0.2) is 4.98 Å². The molecule has 1 aromatic heterocycles. The number of hydrogen-bond donors (Lipinski definition) is 1. The van der Waals surface area contributed by atoms with Gasteiger partial charge in [0.1, 0.15) is 0 Å². The van der Waals surface area contributed by atoms with E-state index in [9.17, 15) is 14.9 Å². The van der Waals surface area contributed by atoms with Crippen LogP contribution >= 0.6 is 11.3 Å². The van der Waals surface area contributed by atoms with E-state index in [2.05, 4.69) is 28.5 Å². The Morgan fingerprint density at radius 3 is 2.56 bits per heavy atom. The second kappa shape index (κ2) is 6.82. The Kier molecular flexibility index (Phi) is 4.58. The number of nitro groups is 1. The molecule has 0 aliphatic rings. The highest BCUT2D eigenvalue weighted by atomic mass is 32.1. The van der Waals surface area contributed by atoms with E-state index >= 15 is 0 Å². The van der Waals surface area contributed by atoms with Gasteiger partial charge in [-0.05, 0) is 37.1 Å². The summed E-state index contributed by atoms with van der Waals surface area (Å²) in [6.45, 7) is 4.06. The van der Waals surface area contributed by atoms with Crippen LogP contribution in [-0.4, -0.2) is 15.8 Å². The van der Waals surface area contributed by atoms with Crippen molar-refractivity contribution in [3.8, 4) is 10.4 Å². The van der Waals surface area contributed by atoms with Crippen LogP contribution in [0.15, 0.2) is 48.7 Å². The monoisotopic (exact) mass is 353 g/mol. The maximum Gasteiger partial charge on any atom is 0.269 e. The number of carbonyl (C=O) groups is 1. The summed E-state index contributed by atoms with van der Waals surface area (Å²) in [5.41, 5.74) is 3.68. The van der Waals surface area contributed by atoms with Crippen molar-refractivity contribution in [2.45, 2.75) is 13.8 Å². The first-order chi connectivity index (χ1) is 11.9. The zero-order chi connectivity index (χ0) is 18.0. The molecule has 126 valence electrons. The summed E-state index contributed by atoms with van der Waals surface area (Å²) in [7, 11) is 0. The Labute approximate surface area is 148 Å². The summed E-state index contributed by atoms with van der Waals surface area (Å²) >= 11 is 1.39. The topological polar surface area (TPSA) is 85.1 Å². The molecule has 0 spiro atoms. The molecule has 1 N–H and O–H groups in total. The number of carbonyl (C=O) groups excluding carboxylic acids is 1. The van der Waals surface area contributed by atoms with Gasteiger partial charge in [0.25, 0.3) is 11.6 Å². The van der Waals surface area contributed by atoms with Crippen LogP contribution in [0, 0.1) is 24.0 Å². The maximum absolute atomic E-state index is 12.2. The smallest absolute Gasteiger partial charge is 0.269 e. The minimum absolute atomic E-state index is 0.0528. The van der Waals surface area contributed by atoms with Crippen molar-refractivity contribution in [1.29, 1.82) is 0 Å². The average molecular weight is 353 g/mol. The number of amides is 1. The van der Waals surface area contributed by atoms with E-state index < -0.39 is 4.92 Å². The standard InChI is InChI=1S/C18H15N3O3S/c1-11-3-4-12(2)15(9-11)16-10-19-18(25-16)20-17(22)13-5-7-14(8-6-13)21(23)24/h3-10H,1-2H3,(H,19,20,22). The number of nitro benzene ring substituents is 1. The van der Waals surface area contributed by atoms with Gasteiger partial charge in [0, 0.05) is 23.9 Å². The number of nitrogens with zero attached hydrogens (tertiary/aromatic N) is 2. The summed E-state index contributed by atoms with van der Waals surface area (Å²) < 4.78 is 0. The minimum atomic E-state index is -0.501. The number of thiazole rings is 1. The molecule has 1 amide bonds. The SMILES string of the molecule is Cc1ccc(C)c(-c2cnc(NC(=O)c3ccc([N+](=O)[O-])cc3)s2)c1. The first-order valence-electron chi connectivity index (χ1n) is 7.53. The fraction of sp³-hybridized carbons (Fsp3) is 0.111. The lowest BCUT2D eigenvalue weighted by atomic mass is 10.1. The molecular formula is C18H15N3O3S. The highest BCUT2D eigenvalue weighted by molar-refractivity contribution is 7.19. The van der Waals surface area contributed by atoms with E-state index in [1.54, 1.807) is 6.20 Å². The van der Waals surface area contributed by atoms with E-state index in [0.29, 0.717) is 10.7 Å². The van der Waals surface area contributed by atoms with Gasteiger partial charge >= 0.3 is 0 Å². The van der Waals surface area contributed by atoms with E-state index in [1.807, 2.05) is 13.8 Å². The fourth-order valence-electron chi connectivity index (χ4n) is 2.36. The van der Waals surface area contributed by atoms with Gasteiger partial charge < -0.3 is 0 Å². The molecule has 0 radical (unpaired) electrons. The lowest BCUT2D eigenvalue weighted by Gasteiger charge is -2.04. The first kappa shape index (κ1) is 16.8. The Hall–Kier alpha value is -3.06. The zero-order valence-electron chi connectivity index (χ0n) is 13.6. The molecule has 1 heterocycles. The highest BCUT2D eigenvalue weighted by Crippen LogP contribution is 2.32. The van der Waals surface area contributed by atoms with Crippen LogP contribution in [-0.2, 0) is 0 Å². The average Bonchev–Trinajstić information content (AvgIpc) is 3.05. The van der Waals surface area contributed by atoms with Gasteiger partial charge in [0.2, 0.25) is 0 Å². The van der Waals surface area contributed by atoms with E-state index in [4.69, 9.17) is 0 Å². The zero-order valence-corrected chi connectivity index (χ0v) is 14.5. The van der Waals surface area contributed by atoms with Gasteiger partial charge in [0.15, 0.2) is 5.13 Å². The summed E-state index contributed by atoms with van der Waals surface area (Å²) in [5.74, 6) is -0.350. The number of rotatable bonds is 4. The van der Waals surface area contributed by atoms with Crippen LogP contribution in [0.4, 0.5) is 10.8 Å². The number of aryl methyl sites for hydroxylation is 2. The van der Waals surface area contributed by atoms with Gasteiger partial charge in [-0.15, -0.1) is 0 Å². The number of non-ortho nitro benzene ring substituents is 1. The molecule has 3 aromatic rings. The highest BCUT2D eigenvalue weighted by Gasteiger charge is 2.13. The Morgan fingerprint density at radius 1 is 1.16 bits per heavy atom. The molecule has 0 aliphatic carbocycles. The molecule has 0 unspecified atom stereocenters. The van der Waals surface area contributed by atoms with Crippen LogP contribution in [0.2, 0.25) is 0 Å². The summed E-state index contributed by atoms with van der Waals surface area (Å²) in [4.78, 5) is 27.6. The van der Waals surface area contributed by atoms with Crippen LogP contribution in [0.3, 0.4) is 0 Å². The Bertz CT molecular complexity index is 948. The van der Waals surface area contributed by atoms with Crippen molar-refractivity contribution in [2.75, 3.05) is 5.32 Å². The number of anilines is 1. The van der Waals surface area contributed by atoms with Crippen LogP contribution < -0.4 is 5.32 Å². The molecule has 7 heteroatoms. The molecule has 25 heavy (non-hydrogen) atoms. The third-order valence-corrected chi connectivity index (χ3v) is 4.67. The van der Waals surface area contributed by atoms with E-state index in [1.165, 1.54) is 35.6 Å². The second-order valence-electron chi connectivity index (χ2n) is 5.61. The van der Waals surface area contributed by atoms with Crippen LogP contribution in [0.1, 0.15) is 21.5 Å².